The van der Waals surface area contributed by atoms with E-state index in [2.05, 4.69) is 19.9 Å². The van der Waals surface area contributed by atoms with Crippen molar-refractivity contribution < 1.29 is 9.53 Å². The molecule has 6 nitrogen and oxygen atoms in total. The molecule has 8 heteroatoms. The fourth-order valence-electron chi connectivity index (χ4n) is 2.41. The minimum absolute atomic E-state index is 0.0908. The monoisotopic (exact) mass is 388 g/mol. The normalized spacial score (nSPS) is 10.8. The van der Waals surface area contributed by atoms with Crippen LogP contribution in [-0.4, -0.2) is 39.9 Å². The molecule has 0 radical (unpaired) electrons. The number of hydrogen-bond donors (Lipinski definition) is 1. The molecule has 1 aromatic carbocycles. The molecule has 0 atom stereocenters. The Labute approximate surface area is 160 Å². The van der Waals surface area contributed by atoms with Crippen LogP contribution in [0.25, 0.3) is 11.3 Å². The van der Waals surface area contributed by atoms with Gasteiger partial charge in [0.1, 0.15) is 0 Å². The van der Waals surface area contributed by atoms with Crippen molar-refractivity contribution in [2.24, 2.45) is 0 Å². The molecule has 2 heterocycles. The van der Waals surface area contributed by atoms with Crippen molar-refractivity contribution in [2.75, 3.05) is 24.8 Å². The van der Waals surface area contributed by atoms with Crippen molar-refractivity contribution in [3.63, 3.8) is 0 Å². The summed E-state index contributed by atoms with van der Waals surface area (Å²) in [6, 6.07) is 10.1. The summed E-state index contributed by atoms with van der Waals surface area (Å²) in [4.78, 5) is 20.9. The highest BCUT2D eigenvalue weighted by atomic mass is 32.2. The molecule has 0 bridgehead atoms. The first-order valence-electron chi connectivity index (χ1n) is 8.12. The number of methoxy groups -OCH3 is 1. The Morgan fingerprint density at radius 2 is 2.15 bits per heavy atom. The van der Waals surface area contributed by atoms with Crippen molar-refractivity contribution in [1.82, 2.24) is 14.5 Å². The van der Waals surface area contributed by atoms with Gasteiger partial charge >= 0.3 is 0 Å². The second-order valence-corrected chi connectivity index (χ2v) is 7.37. The molecule has 1 N–H and O–H groups in total. The number of nitrogens with one attached hydrogen (secondary N) is 1. The first-order chi connectivity index (χ1) is 12.7. The topological polar surface area (TPSA) is 69.0 Å². The summed E-state index contributed by atoms with van der Waals surface area (Å²) in [5.74, 6) is 0.184. The number of imidazole rings is 1. The SMILES string of the molecule is COCCn1c(-c2ccccc2)cnc1SCC(=O)Nc1nc(C)cs1. The Hall–Kier alpha value is -2.16. The van der Waals surface area contributed by atoms with E-state index in [9.17, 15) is 4.79 Å². The third kappa shape index (κ3) is 4.72. The van der Waals surface area contributed by atoms with Crippen molar-refractivity contribution in [1.29, 1.82) is 0 Å². The Morgan fingerprint density at radius 3 is 2.85 bits per heavy atom. The van der Waals surface area contributed by atoms with Crippen molar-refractivity contribution >= 4 is 34.1 Å². The molecule has 3 aromatic rings. The molecule has 1 amide bonds. The standard InChI is InChI=1S/C18H20N4O2S2/c1-13-11-25-17(20-13)21-16(23)12-26-18-19-10-15(22(18)8-9-24-2)14-6-4-3-5-7-14/h3-7,10-11H,8-9,12H2,1-2H3,(H,20,21,23). The quantitative estimate of drug-likeness (QED) is 0.596. The van der Waals surface area contributed by atoms with Crippen LogP contribution in [0.1, 0.15) is 5.69 Å². The van der Waals surface area contributed by atoms with E-state index in [0.29, 0.717) is 18.3 Å². The lowest BCUT2D eigenvalue weighted by Crippen LogP contribution is -2.15. The molecule has 0 fully saturated rings. The van der Waals surface area contributed by atoms with Gasteiger partial charge in [0.25, 0.3) is 0 Å². The molecule has 0 aliphatic heterocycles. The molecular formula is C18H20N4O2S2. The summed E-state index contributed by atoms with van der Waals surface area (Å²) in [5, 5.41) is 6.15. The number of carbonyl (C=O) groups is 1. The fourth-order valence-corrected chi connectivity index (χ4v) is 3.92. The first-order valence-corrected chi connectivity index (χ1v) is 9.98. The van der Waals surface area contributed by atoms with Crippen LogP contribution in [0.15, 0.2) is 47.1 Å². The van der Waals surface area contributed by atoms with Gasteiger partial charge in [0, 0.05) is 19.0 Å². The predicted molar refractivity (Wildman–Crippen MR) is 106 cm³/mol. The van der Waals surface area contributed by atoms with Gasteiger partial charge in [-0.1, -0.05) is 42.1 Å². The lowest BCUT2D eigenvalue weighted by atomic mass is 10.2. The van der Waals surface area contributed by atoms with Crippen LogP contribution in [0, 0.1) is 6.92 Å². The summed E-state index contributed by atoms with van der Waals surface area (Å²) in [6.07, 6.45) is 1.84. The molecule has 0 spiro atoms. The Bertz CT molecular complexity index is 861. The largest absolute Gasteiger partial charge is 0.383 e. The van der Waals surface area contributed by atoms with E-state index < -0.39 is 0 Å². The van der Waals surface area contributed by atoms with E-state index in [0.717, 1.165) is 22.1 Å². The molecule has 0 unspecified atom stereocenters. The van der Waals surface area contributed by atoms with Gasteiger partial charge in [-0.05, 0) is 12.5 Å². The number of rotatable bonds is 8. The third-order valence-electron chi connectivity index (χ3n) is 3.61. The Balaban J connectivity index is 1.70. The van der Waals surface area contributed by atoms with E-state index in [-0.39, 0.29) is 11.7 Å². The van der Waals surface area contributed by atoms with Gasteiger partial charge in [-0.25, -0.2) is 9.97 Å². The summed E-state index contributed by atoms with van der Waals surface area (Å²) < 4.78 is 7.31. The van der Waals surface area contributed by atoms with Gasteiger partial charge in [0.15, 0.2) is 10.3 Å². The first kappa shape index (κ1) is 18.6. The van der Waals surface area contributed by atoms with Crippen LogP contribution in [0.5, 0.6) is 0 Å². The number of thiazole rings is 1. The highest BCUT2D eigenvalue weighted by Gasteiger charge is 2.14. The molecule has 3 rings (SSSR count). The fraction of sp³-hybridized carbons (Fsp3) is 0.278. The maximum Gasteiger partial charge on any atom is 0.236 e. The summed E-state index contributed by atoms with van der Waals surface area (Å²) in [7, 11) is 1.68. The van der Waals surface area contributed by atoms with Crippen molar-refractivity contribution in [2.45, 2.75) is 18.6 Å². The molecule has 2 aromatic heterocycles. The number of benzene rings is 1. The predicted octanol–water partition coefficient (Wildman–Crippen LogP) is 3.69. The van der Waals surface area contributed by atoms with E-state index in [1.165, 1.54) is 23.1 Å². The number of thioether (sulfide) groups is 1. The minimum atomic E-state index is -0.0908. The number of ether oxygens (including phenoxy) is 1. The van der Waals surface area contributed by atoms with E-state index >= 15 is 0 Å². The van der Waals surface area contributed by atoms with Crippen LogP contribution in [-0.2, 0) is 16.1 Å². The zero-order chi connectivity index (χ0) is 18.4. The molecule has 0 saturated carbocycles. The van der Waals surface area contributed by atoms with Gasteiger partial charge in [0.05, 0.1) is 29.9 Å². The number of anilines is 1. The van der Waals surface area contributed by atoms with Crippen molar-refractivity contribution in [3.05, 3.63) is 47.6 Å². The van der Waals surface area contributed by atoms with E-state index in [1.54, 1.807) is 7.11 Å². The molecule has 0 saturated heterocycles. The molecule has 136 valence electrons. The average Bonchev–Trinajstić information content (AvgIpc) is 3.24. The second-order valence-electron chi connectivity index (χ2n) is 5.57. The van der Waals surface area contributed by atoms with Gasteiger partial charge in [-0.2, -0.15) is 0 Å². The summed E-state index contributed by atoms with van der Waals surface area (Å²) in [6.45, 7) is 3.16. The Morgan fingerprint density at radius 1 is 1.35 bits per heavy atom. The smallest absolute Gasteiger partial charge is 0.236 e. The van der Waals surface area contributed by atoms with Gasteiger partial charge in [-0.3, -0.25) is 4.79 Å². The molecule has 0 aliphatic carbocycles. The average molecular weight is 389 g/mol. The highest BCUT2D eigenvalue weighted by molar-refractivity contribution is 7.99. The number of hydrogen-bond acceptors (Lipinski definition) is 6. The van der Waals surface area contributed by atoms with E-state index in [1.807, 2.05) is 48.8 Å². The molecule has 0 aliphatic rings. The maximum atomic E-state index is 12.2. The van der Waals surface area contributed by atoms with Gasteiger partial charge in [-0.15, -0.1) is 11.3 Å². The number of carbonyl (C=O) groups excluding carboxylic acids is 1. The minimum Gasteiger partial charge on any atom is -0.383 e. The summed E-state index contributed by atoms with van der Waals surface area (Å²) >= 11 is 2.83. The lowest BCUT2D eigenvalue weighted by Gasteiger charge is -2.11. The number of amides is 1. The lowest BCUT2D eigenvalue weighted by molar-refractivity contribution is -0.113. The van der Waals surface area contributed by atoms with Crippen LogP contribution >= 0.6 is 23.1 Å². The highest BCUT2D eigenvalue weighted by Crippen LogP contribution is 2.26. The third-order valence-corrected chi connectivity index (χ3v) is 5.47. The molecular weight excluding hydrogens is 368 g/mol. The summed E-state index contributed by atoms with van der Waals surface area (Å²) in [5.41, 5.74) is 3.01. The van der Waals surface area contributed by atoms with Crippen LogP contribution in [0.4, 0.5) is 5.13 Å². The van der Waals surface area contributed by atoms with Crippen LogP contribution < -0.4 is 5.32 Å². The zero-order valence-corrected chi connectivity index (χ0v) is 16.3. The van der Waals surface area contributed by atoms with E-state index in [4.69, 9.17) is 4.74 Å². The van der Waals surface area contributed by atoms with Crippen molar-refractivity contribution in [3.8, 4) is 11.3 Å². The number of aromatic nitrogens is 3. The Kier molecular flexibility index (Phi) is 6.43. The zero-order valence-electron chi connectivity index (χ0n) is 14.6. The van der Waals surface area contributed by atoms with Gasteiger partial charge in [0.2, 0.25) is 5.91 Å². The number of aryl methyl sites for hydroxylation is 1. The van der Waals surface area contributed by atoms with Gasteiger partial charge < -0.3 is 14.6 Å². The van der Waals surface area contributed by atoms with Crippen LogP contribution in [0.3, 0.4) is 0 Å². The maximum absolute atomic E-state index is 12.2. The molecule has 26 heavy (non-hydrogen) atoms. The number of nitrogens with zero attached hydrogens (tertiary/aromatic N) is 3. The van der Waals surface area contributed by atoms with Crippen LogP contribution in [0.2, 0.25) is 0 Å². The second kappa shape index (κ2) is 8.98.